The molecule has 1 aliphatic rings. The van der Waals surface area contributed by atoms with E-state index in [2.05, 4.69) is 10.6 Å². The van der Waals surface area contributed by atoms with Crippen molar-refractivity contribution in [3.05, 3.63) is 23.8 Å². The summed E-state index contributed by atoms with van der Waals surface area (Å²) in [4.78, 5) is 11.7. The number of nitrogens with one attached hydrogen (secondary N) is 2. The monoisotopic (exact) mass is 264 g/mol. The van der Waals surface area contributed by atoms with E-state index in [0.29, 0.717) is 12.3 Å². The van der Waals surface area contributed by atoms with Crippen LogP contribution in [-0.2, 0) is 11.3 Å². The molecule has 0 aromatic heterocycles. The molecule has 2 N–H and O–H groups in total. The average molecular weight is 264 g/mol. The van der Waals surface area contributed by atoms with Gasteiger partial charge in [-0.15, -0.1) is 0 Å². The van der Waals surface area contributed by atoms with Gasteiger partial charge in [0.1, 0.15) is 18.0 Å². The Balaban J connectivity index is 2.05. The topological polar surface area (TPSA) is 59.6 Å². The molecule has 104 valence electrons. The minimum atomic E-state index is -0.500. The van der Waals surface area contributed by atoms with Crippen molar-refractivity contribution in [2.24, 2.45) is 0 Å². The third-order valence-electron chi connectivity index (χ3n) is 2.56. The van der Waals surface area contributed by atoms with Crippen molar-refractivity contribution in [2.45, 2.75) is 32.9 Å². The summed E-state index contributed by atoms with van der Waals surface area (Å²) in [6.07, 6.45) is -0.449. The molecule has 0 radical (unpaired) electrons. The van der Waals surface area contributed by atoms with Crippen LogP contribution in [0.5, 0.6) is 5.75 Å². The molecular formula is C14H20N2O3. The largest absolute Gasteiger partial charge is 0.492 e. The number of fused-ring (bicyclic) bond motifs is 1. The summed E-state index contributed by atoms with van der Waals surface area (Å²) in [5.41, 5.74) is 1.24. The lowest BCUT2D eigenvalue weighted by molar-refractivity contribution is 0.0636. The van der Waals surface area contributed by atoms with Gasteiger partial charge in [0.2, 0.25) is 0 Å². The molecule has 1 aromatic carbocycles. The van der Waals surface area contributed by atoms with Crippen LogP contribution < -0.4 is 15.4 Å². The molecule has 0 atom stereocenters. The summed E-state index contributed by atoms with van der Waals surface area (Å²) >= 11 is 0. The number of carbonyl (C=O) groups excluding carboxylic acids is 1. The molecule has 5 heteroatoms. The van der Waals surface area contributed by atoms with Gasteiger partial charge in [-0.2, -0.15) is 0 Å². The Morgan fingerprint density at radius 1 is 1.42 bits per heavy atom. The Morgan fingerprint density at radius 3 is 2.95 bits per heavy atom. The summed E-state index contributed by atoms with van der Waals surface area (Å²) < 4.78 is 10.8. The summed E-state index contributed by atoms with van der Waals surface area (Å²) in [5.74, 6) is 0.861. The molecule has 1 aliphatic heterocycles. The van der Waals surface area contributed by atoms with Gasteiger partial charge in [0.15, 0.2) is 0 Å². The number of carbonyl (C=O) groups is 1. The van der Waals surface area contributed by atoms with Gasteiger partial charge in [-0.05, 0) is 39.0 Å². The quantitative estimate of drug-likeness (QED) is 0.818. The number of anilines is 1. The molecule has 0 unspecified atom stereocenters. The maximum absolute atomic E-state index is 11.7. The molecule has 1 amide bonds. The van der Waals surface area contributed by atoms with Crippen molar-refractivity contribution in [3.8, 4) is 5.75 Å². The third-order valence-corrected chi connectivity index (χ3v) is 2.56. The van der Waals surface area contributed by atoms with Crippen molar-refractivity contribution >= 4 is 11.8 Å². The smallest absolute Gasteiger partial charge is 0.412 e. The summed E-state index contributed by atoms with van der Waals surface area (Å²) in [6.45, 7) is 7.72. The van der Waals surface area contributed by atoms with Crippen LogP contribution in [0.15, 0.2) is 18.2 Å². The second-order valence-corrected chi connectivity index (χ2v) is 5.47. The number of ether oxygens (including phenoxy) is 2. The first kappa shape index (κ1) is 13.7. The van der Waals surface area contributed by atoms with Gasteiger partial charge in [0, 0.05) is 24.3 Å². The first-order chi connectivity index (χ1) is 8.94. The van der Waals surface area contributed by atoms with Crippen LogP contribution in [0, 0.1) is 0 Å². The molecule has 0 saturated heterocycles. The van der Waals surface area contributed by atoms with Gasteiger partial charge in [-0.25, -0.2) is 4.79 Å². The van der Waals surface area contributed by atoms with E-state index in [4.69, 9.17) is 9.47 Å². The van der Waals surface area contributed by atoms with Crippen LogP contribution in [0.2, 0.25) is 0 Å². The summed E-state index contributed by atoms with van der Waals surface area (Å²) in [6, 6.07) is 5.58. The standard InChI is InChI=1S/C14H20N2O3/c1-14(2,3)19-13(17)16-11-4-5-12-10(8-11)9-15-6-7-18-12/h4-5,8,15H,6-7,9H2,1-3H3,(H,16,17). The average Bonchev–Trinajstić information content (AvgIpc) is 2.50. The Bertz CT molecular complexity index is 466. The molecule has 0 saturated carbocycles. The first-order valence-corrected chi connectivity index (χ1v) is 6.40. The Labute approximate surface area is 113 Å². The van der Waals surface area contributed by atoms with Crippen molar-refractivity contribution in [3.63, 3.8) is 0 Å². The molecule has 5 nitrogen and oxygen atoms in total. The first-order valence-electron chi connectivity index (χ1n) is 6.40. The highest BCUT2D eigenvalue weighted by Crippen LogP contribution is 2.24. The SMILES string of the molecule is CC(C)(C)OC(=O)Nc1ccc2c(c1)CNCCO2. The van der Waals surface area contributed by atoms with E-state index in [1.54, 1.807) is 0 Å². The predicted molar refractivity (Wildman–Crippen MR) is 73.5 cm³/mol. The zero-order valence-corrected chi connectivity index (χ0v) is 11.6. The zero-order chi connectivity index (χ0) is 13.9. The molecule has 0 spiro atoms. The van der Waals surface area contributed by atoms with Gasteiger partial charge in [0.05, 0.1) is 0 Å². The molecule has 1 aromatic rings. The fourth-order valence-corrected chi connectivity index (χ4v) is 1.81. The van der Waals surface area contributed by atoms with E-state index in [-0.39, 0.29) is 0 Å². The lowest BCUT2D eigenvalue weighted by Crippen LogP contribution is -2.27. The molecule has 0 aliphatic carbocycles. The molecule has 1 heterocycles. The van der Waals surface area contributed by atoms with E-state index >= 15 is 0 Å². The fourth-order valence-electron chi connectivity index (χ4n) is 1.81. The highest BCUT2D eigenvalue weighted by atomic mass is 16.6. The lowest BCUT2D eigenvalue weighted by atomic mass is 10.1. The van der Waals surface area contributed by atoms with Crippen LogP contribution in [0.4, 0.5) is 10.5 Å². The van der Waals surface area contributed by atoms with Gasteiger partial charge in [-0.3, -0.25) is 5.32 Å². The van der Waals surface area contributed by atoms with E-state index in [0.717, 1.165) is 24.4 Å². The number of benzene rings is 1. The van der Waals surface area contributed by atoms with Crippen LogP contribution in [0.1, 0.15) is 26.3 Å². The lowest BCUT2D eigenvalue weighted by Gasteiger charge is -2.20. The zero-order valence-electron chi connectivity index (χ0n) is 11.6. The highest BCUT2D eigenvalue weighted by molar-refractivity contribution is 5.85. The predicted octanol–water partition coefficient (Wildman–Crippen LogP) is 2.52. The van der Waals surface area contributed by atoms with Crippen LogP contribution in [-0.4, -0.2) is 24.8 Å². The van der Waals surface area contributed by atoms with E-state index in [1.165, 1.54) is 0 Å². The minimum Gasteiger partial charge on any atom is -0.492 e. The Hall–Kier alpha value is -1.75. The molecule has 2 rings (SSSR count). The maximum atomic E-state index is 11.7. The summed E-state index contributed by atoms with van der Waals surface area (Å²) in [5, 5.41) is 5.98. The van der Waals surface area contributed by atoms with Crippen LogP contribution >= 0.6 is 0 Å². The summed E-state index contributed by atoms with van der Waals surface area (Å²) in [7, 11) is 0. The van der Waals surface area contributed by atoms with Crippen LogP contribution in [0.3, 0.4) is 0 Å². The van der Waals surface area contributed by atoms with Crippen molar-refractivity contribution in [1.82, 2.24) is 5.32 Å². The second-order valence-electron chi connectivity index (χ2n) is 5.47. The van der Waals surface area contributed by atoms with Gasteiger partial charge < -0.3 is 14.8 Å². The van der Waals surface area contributed by atoms with E-state index in [1.807, 2.05) is 39.0 Å². The highest BCUT2D eigenvalue weighted by Gasteiger charge is 2.17. The van der Waals surface area contributed by atoms with E-state index in [9.17, 15) is 4.79 Å². The molecule has 0 bridgehead atoms. The minimum absolute atomic E-state index is 0.449. The molecule has 19 heavy (non-hydrogen) atoms. The number of hydrogen-bond donors (Lipinski definition) is 2. The van der Waals surface area contributed by atoms with Crippen LogP contribution in [0.25, 0.3) is 0 Å². The van der Waals surface area contributed by atoms with E-state index < -0.39 is 11.7 Å². The third kappa shape index (κ3) is 4.13. The second kappa shape index (κ2) is 5.48. The number of rotatable bonds is 1. The van der Waals surface area contributed by atoms with Gasteiger partial charge in [-0.1, -0.05) is 0 Å². The normalized spacial score (nSPS) is 14.9. The Kier molecular flexibility index (Phi) is 3.95. The molecular weight excluding hydrogens is 244 g/mol. The van der Waals surface area contributed by atoms with Gasteiger partial charge >= 0.3 is 6.09 Å². The maximum Gasteiger partial charge on any atom is 0.412 e. The number of hydrogen-bond acceptors (Lipinski definition) is 4. The molecule has 0 fully saturated rings. The number of amides is 1. The van der Waals surface area contributed by atoms with Gasteiger partial charge in [0.25, 0.3) is 0 Å². The van der Waals surface area contributed by atoms with Crippen molar-refractivity contribution in [1.29, 1.82) is 0 Å². The van der Waals surface area contributed by atoms with Crippen molar-refractivity contribution in [2.75, 3.05) is 18.5 Å². The Morgan fingerprint density at radius 2 is 2.21 bits per heavy atom. The fraction of sp³-hybridized carbons (Fsp3) is 0.500. The van der Waals surface area contributed by atoms with Crippen molar-refractivity contribution < 1.29 is 14.3 Å².